The number of pyridine rings is 1. The summed E-state index contributed by atoms with van der Waals surface area (Å²) >= 11 is 0. The van der Waals surface area contributed by atoms with Crippen molar-refractivity contribution in [1.82, 2.24) is 9.88 Å². The van der Waals surface area contributed by atoms with Crippen molar-refractivity contribution in [3.63, 3.8) is 0 Å². The van der Waals surface area contributed by atoms with Gasteiger partial charge in [-0.1, -0.05) is 17.9 Å². The predicted molar refractivity (Wildman–Crippen MR) is 130 cm³/mol. The number of alkyl halides is 1. The molecule has 3 atom stereocenters. The first kappa shape index (κ1) is 25.0. The van der Waals surface area contributed by atoms with E-state index in [1.165, 1.54) is 12.1 Å². The number of likely N-dealkylation sites (tertiary alicyclic amines) is 1. The number of halogens is 3. The zero-order chi connectivity index (χ0) is 24.8. The van der Waals surface area contributed by atoms with Crippen molar-refractivity contribution in [1.29, 1.82) is 0 Å². The molecule has 0 unspecified atom stereocenters. The molecule has 0 saturated carbocycles. The van der Waals surface area contributed by atoms with Crippen molar-refractivity contribution in [2.24, 2.45) is 11.8 Å². The summed E-state index contributed by atoms with van der Waals surface area (Å²) in [4.78, 5) is 6.42. The van der Waals surface area contributed by atoms with Crippen LogP contribution in [0.1, 0.15) is 36.6 Å². The van der Waals surface area contributed by atoms with E-state index in [2.05, 4.69) is 21.7 Å². The molecule has 4 nitrogen and oxygen atoms in total. The van der Waals surface area contributed by atoms with Gasteiger partial charge in [-0.2, -0.15) is 0 Å². The van der Waals surface area contributed by atoms with Gasteiger partial charge in [-0.15, -0.1) is 0 Å². The lowest BCUT2D eigenvalue weighted by Gasteiger charge is -2.37. The predicted octanol–water partition coefficient (Wildman–Crippen LogP) is 5.29. The zero-order valence-electron chi connectivity index (χ0n) is 19.7. The van der Waals surface area contributed by atoms with Crippen molar-refractivity contribution < 1.29 is 23.0 Å². The van der Waals surface area contributed by atoms with Crippen LogP contribution in [0, 0.1) is 35.3 Å². The molecule has 1 fully saturated rings. The van der Waals surface area contributed by atoms with Crippen molar-refractivity contribution in [2.75, 3.05) is 33.4 Å². The lowest BCUT2D eigenvalue weighted by atomic mass is 9.81. The average Bonchev–Trinajstić information content (AvgIpc) is 2.89. The van der Waals surface area contributed by atoms with E-state index < -0.39 is 17.8 Å². The van der Waals surface area contributed by atoms with Gasteiger partial charge in [-0.25, -0.2) is 13.2 Å². The third-order valence-corrected chi connectivity index (χ3v) is 6.80. The van der Waals surface area contributed by atoms with Gasteiger partial charge in [0.25, 0.3) is 0 Å². The van der Waals surface area contributed by atoms with Crippen LogP contribution in [0.15, 0.2) is 48.7 Å². The molecule has 0 bridgehead atoms. The fourth-order valence-electron chi connectivity index (χ4n) is 4.80. The monoisotopic (exact) mass is 482 g/mol. The summed E-state index contributed by atoms with van der Waals surface area (Å²) in [5, 5.41) is 10.7. The molecule has 0 amide bonds. The zero-order valence-corrected chi connectivity index (χ0v) is 19.7. The van der Waals surface area contributed by atoms with Crippen molar-refractivity contribution >= 4 is 10.9 Å². The largest absolute Gasteiger partial charge is 0.497 e. The highest BCUT2D eigenvalue weighted by molar-refractivity contribution is 5.83. The molecule has 0 spiro atoms. The molecule has 1 aromatic heterocycles. The van der Waals surface area contributed by atoms with Gasteiger partial charge in [0.05, 0.1) is 24.7 Å². The molecule has 35 heavy (non-hydrogen) atoms. The van der Waals surface area contributed by atoms with Gasteiger partial charge < -0.3 is 9.84 Å². The van der Waals surface area contributed by atoms with Crippen LogP contribution < -0.4 is 4.74 Å². The summed E-state index contributed by atoms with van der Waals surface area (Å²) < 4.78 is 47.7. The Balaban J connectivity index is 1.35. The second-order valence-corrected chi connectivity index (χ2v) is 8.96. The van der Waals surface area contributed by atoms with E-state index in [1.54, 1.807) is 19.4 Å². The summed E-state index contributed by atoms with van der Waals surface area (Å²) in [6.07, 6.45) is 2.32. The molecule has 7 heteroatoms. The smallest absolute Gasteiger partial charge is 0.174 e. The van der Waals surface area contributed by atoms with Gasteiger partial charge in [0.2, 0.25) is 0 Å². The van der Waals surface area contributed by atoms with Gasteiger partial charge >= 0.3 is 0 Å². The molecular formula is C28H29F3N2O2. The first-order valence-corrected chi connectivity index (χ1v) is 11.8. The number of piperidine rings is 1. The SMILES string of the molecule is COc1ccc2nccc([C@@H](F)CC[C@@H]3CCN(CC#Cc4cccc(F)c4F)C[C@@H]3CO)c2c1. The van der Waals surface area contributed by atoms with Crippen LogP contribution in [0.5, 0.6) is 5.75 Å². The van der Waals surface area contributed by atoms with E-state index in [9.17, 15) is 13.9 Å². The Bertz CT molecular complexity index is 1220. The number of ether oxygens (including phenoxy) is 1. The van der Waals surface area contributed by atoms with E-state index in [0.29, 0.717) is 37.2 Å². The summed E-state index contributed by atoms with van der Waals surface area (Å²) in [6.45, 7) is 1.80. The summed E-state index contributed by atoms with van der Waals surface area (Å²) in [7, 11) is 1.58. The van der Waals surface area contributed by atoms with Crippen LogP contribution in [0.3, 0.4) is 0 Å². The number of hydrogen-bond acceptors (Lipinski definition) is 4. The van der Waals surface area contributed by atoms with E-state index in [-0.39, 0.29) is 24.0 Å². The Morgan fingerprint density at radius 2 is 2.06 bits per heavy atom. The molecule has 0 aliphatic carbocycles. The van der Waals surface area contributed by atoms with Gasteiger partial charge in [0.1, 0.15) is 11.9 Å². The minimum absolute atomic E-state index is 0.0120. The summed E-state index contributed by atoms with van der Waals surface area (Å²) in [5.41, 5.74) is 1.37. The minimum Gasteiger partial charge on any atom is -0.497 e. The standard InChI is InChI=1S/C28H29F3N2O2/c1-35-22-8-10-27-24(16-22)23(11-13-32-27)25(29)9-7-19-12-15-33(17-21(19)18-34)14-3-5-20-4-2-6-26(30)28(20)31/h2,4,6,8,10-11,13,16,19,21,25,34H,7,9,12,14-15,17-18H2,1H3/t19-,21-,25+/m1/s1. The molecule has 1 aliphatic heterocycles. The van der Waals surface area contributed by atoms with Crippen molar-refractivity contribution in [3.8, 4) is 17.6 Å². The fraction of sp³-hybridized carbons (Fsp3) is 0.393. The highest BCUT2D eigenvalue weighted by Gasteiger charge is 2.29. The highest BCUT2D eigenvalue weighted by atomic mass is 19.2. The molecule has 2 heterocycles. The normalized spacial score (nSPS) is 19.2. The number of nitrogens with zero attached hydrogens (tertiary/aromatic N) is 2. The van der Waals surface area contributed by atoms with Crippen LogP contribution in [-0.4, -0.2) is 48.3 Å². The molecule has 1 N–H and O–H groups in total. The third kappa shape index (κ3) is 5.95. The van der Waals surface area contributed by atoms with Crippen LogP contribution in [0.2, 0.25) is 0 Å². The molecule has 1 saturated heterocycles. The van der Waals surface area contributed by atoms with Crippen LogP contribution in [-0.2, 0) is 0 Å². The second kappa shape index (κ2) is 11.6. The van der Waals surface area contributed by atoms with Gasteiger partial charge in [0.15, 0.2) is 11.6 Å². The molecule has 1 aliphatic rings. The minimum atomic E-state index is -1.14. The number of aliphatic hydroxyl groups is 1. The molecule has 3 aromatic rings. The summed E-state index contributed by atoms with van der Waals surface area (Å²) in [5.74, 6) is 4.62. The molecule has 0 radical (unpaired) electrons. The number of benzene rings is 2. The quantitative estimate of drug-likeness (QED) is 0.465. The Morgan fingerprint density at radius 3 is 2.86 bits per heavy atom. The number of methoxy groups -OCH3 is 1. The van der Waals surface area contributed by atoms with Crippen molar-refractivity contribution in [2.45, 2.75) is 25.4 Å². The van der Waals surface area contributed by atoms with E-state index in [1.807, 2.05) is 18.2 Å². The Kier molecular flexibility index (Phi) is 8.27. The van der Waals surface area contributed by atoms with Crippen molar-refractivity contribution in [3.05, 3.63) is 71.4 Å². The van der Waals surface area contributed by atoms with Gasteiger partial charge in [0, 0.05) is 24.7 Å². The molecule has 4 rings (SSSR count). The molecular weight excluding hydrogens is 453 g/mol. The van der Waals surface area contributed by atoms with E-state index >= 15 is 4.39 Å². The maximum Gasteiger partial charge on any atom is 0.174 e. The summed E-state index contributed by atoms with van der Waals surface area (Å²) in [6, 6.07) is 11.1. The maximum atomic E-state index is 15.3. The Hall–Kier alpha value is -3.08. The van der Waals surface area contributed by atoms with Crippen LogP contribution in [0.25, 0.3) is 10.9 Å². The first-order chi connectivity index (χ1) is 17.0. The fourth-order valence-corrected chi connectivity index (χ4v) is 4.80. The first-order valence-electron chi connectivity index (χ1n) is 11.8. The number of hydrogen-bond donors (Lipinski definition) is 1. The lowest BCUT2D eigenvalue weighted by molar-refractivity contribution is 0.0708. The van der Waals surface area contributed by atoms with E-state index in [0.717, 1.165) is 29.9 Å². The number of rotatable bonds is 7. The lowest BCUT2D eigenvalue weighted by Crippen LogP contribution is -2.42. The third-order valence-electron chi connectivity index (χ3n) is 6.80. The number of fused-ring (bicyclic) bond motifs is 1. The van der Waals surface area contributed by atoms with Gasteiger partial charge in [-0.3, -0.25) is 9.88 Å². The molecule has 2 aromatic carbocycles. The molecule has 184 valence electrons. The highest BCUT2D eigenvalue weighted by Crippen LogP contribution is 2.35. The average molecular weight is 483 g/mol. The Morgan fingerprint density at radius 1 is 1.20 bits per heavy atom. The van der Waals surface area contributed by atoms with Crippen LogP contribution in [0.4, 0.5) is 13.2 Å². The van der Waals surface area contributed by atoms with E-state index in [4.69, 9.17) is 4.74 Å². The number of aromatic nitrogens is 1. The van der Waals surface area contributed by atoms with Crippen LogP contribution >= 0.6 is 0 Å². The number of aliphatic hydroxyl groups excluding tert-OH is 1. The second-order valence-electron chi connectivity index (χ2n) is 8.96. The maximum absolute atomic E-state index is 15.3. The Labute approximate surface area is 203 Å². The van der Waals surface area contributed by atoms with Gasteiger partial charge in [-0.05, 0) is 79.6 Å². The topological polar surface area (TPSA) is 45.6 Å².